The Balaban J connectivity index is 1.72. The van der Waals surface area contributed by atoms with E-state index in [-0.39, 0.29) is 29.6 Å². The Morgan fingerprint density at radius 3 is 2.72 bits per heavy atom. The summed E-state index contributed by atoms with van der Waals surface area (Å²) in [5.74, 6) is 0.368. The van der Waals surface area contributed by atoms with E-state index in [0.29, 0.717) is 23.4 Å². The molecule has 0 fully saturated rings. The minimum atomic E-state index is -0.312. The van der Waals surface area contributed by atoms with E-state index < -0.39 is 0 Å². The maximum absolute atomic E-state index is 12.6. The highest BCUT2D eigenvalue weighted by molar-refractivity contribution is 5.77. The van der Waals surface area contributed by atoms with Gasteiger partial charge in [0.25, 0.3) is 11.3 Å². The highest BCUT2D eigenvalue weighted by Gasteiger charge is 2.17. The van der Waals surface area contributed by atoms with Crippen molar-refractivity contribution in [2.45, 2.75) is 33.2 Å². The molecule has 0 radical (unpaired) electrons. The molecule has 0 aliphatic carbocycles. The number of hydrogen-bond acceptors (Lipinski definition) is 5. The van der Waals surface area contributed by atoms with Gasteiger partial charge >= 0.3 is 0 Å². The molecule has 0 spiro atoms. The van der Waals surface area contributed by atoms with Crippen LogP contribution in [0.2, 0.25) is 0 Å². The first-order valence-corrected chi connectivity index (χ1v) is 8.12. The molecule has 7 nitrogen and oxygen atoms in total. The van der Waals surface area contributed by atoms with E-state index in [2.05, 4.69) is 15.5 Å². The van der Waals surface area contributed by atoms with E-state index in [1.165, 1.54) is 4.57 Å². The van der Waals surface area contributed by atoms with Crippen LogP contribution in [0.25, 0.3) is 11.1 Å². The Hall–Kier alpha value is -2.96. The van der Waals surface area contributed by atoms with Gasteiger partial charge in [0.05, 0.1) is 5.69 Å². The summed E-state index contributed by atoms with van der Waals surface area (Å²) >= 11 is 0. The molecule has 1 amide bonds. The molecule has 0 bridgehead atoms. The molecule has 0 aliphatic heterocycles. The maximum atomic E-state index is 12.6. The van der Waals surface area contributed by atoms with Crippen LogP contribution in [0, 0.1) is 13.8 Å². The van der Waals surface area contributed by atoms with Crippen LogP contribution in [-0.4, -0.2) is 27.2 Å². The van der Waals surface area contributed by atoms with E-state index >= 15 is 0 Å². The SMILES string of the molecule is Cc1noc2nc(C)n(CC(=O)NC[C@H](C)c3ccccc3)c(=O)c12. The number of amides is 1. The van der Waals surface area contributed by atoms with Crippen LogP contribution in [0.3, 0.4) is 0 Å². The molecule has 0 unspecified atom stereocenters. The fourth-order valence-corrected chi connectivity index (χ4v) is 2.72. The molecule has 3 rings (SSSR count). The highest BCUT2D eigenvalue weighted by Crippen LogP contribution is 2.13. The molecule has 0 aliphatic rings. The third-order valence-electron chi connectivity index (χ3n) is 4.23. The van der Waals surface area contributed by atoms with Crippen LogP contribution in [0.4, 0.5) is 0 Å². The van der Waals surface area contributed by atoms with Crippen molar-refractivity contribution < 1.29 is 9.32 Å². The van der Waals surface area contributed by atoms with Crippen LogP contribution in [0.1, 0.15) is 29.9 Å². The number of aryl methyl sites for hydroxylation is 2. The first kappa shape index (κ1) is 16.9. The zero-order chi connectivity index (χ0) is 18.0. The number of hydrogen-bond donors (Lipinski definition) is 1. The van der Waals surface area contributed by atoms with Gasteiger partial charge < -0.3 is 9.84 Å². The van der Waals surface area contributed by atoms with Crippen molar-refractivity contribution in [2.75, 3.05) is 6.54 Å². The van der Waals surface area contributed by atoms with Gasteiger partial charge in [-0.2, -0.15) is 4.98 Å². The predicted octanol–water partition coefficient (Wildman–Crippen LogP) is 1.92. The van der Waals surface area contributed by atoms with Crippen molar-refractivity contribution in [1.82, 2.24) is 20.0 Å². The Bertz CT molecular complexity index is 960. The summed E-state index contributed by atoms with van der Waals surface area (Å²) < 4.78 is 6.37. The number of rotatable bonds is 5. The lowest BCUT2D eigenvalue weighted by molar-refractivity contribution is -0.121. The topological polar surface area (TPSA) is 90.0 Å². The molecular weight excluding hydrogens is 320 g/mol. The molecule has 0 saturated carbocycles. The second kappa shape index (κ2) is 6.88. The largest absolute Gasteiger partial charge is 0.354 e. The van der Waals surface area contributed by atoms with Crippen LogP contribution < -0.4 is 10.9 Å². The summed E-state index contributed by atoms with van der Waals surface area (Å²) in [5.41, 5.74) is 1.51. The van der Waals surface area contributed by atoms with E-state index in [1.54, 1.807) is 13.8 Å². The fourth-order valence-electron chi connectivity index (χ4n) is 2.72. The molecule has 130 valence electrons. The van der Waals surface area contributed by atoms with E-state index in [4.69, 9.17) is 4.52 Å². The monoisotopic (exact) mass is 340 g/mol. The van der Waals surface area contributed by atoms with Gasteiger partial charge in [-0.05, 0) is 25.3 Å². The summed E-state index contributed by atoms with van der Waals surface area (Å²) in [5, 5.41) is 6.95. The van der Waals surface area contributed by atoms with Crippen LogP contribution in [0.5, 0.6) is 0 Å². The van der Waals surface area contributed by atoms with E-state index in [0.717, 1.165) is 5.56 Å². The normalized spacial score (nSPS) is 12.3. The lowest BCUT2D eigenvalue weighted by atomic mass is 10.0. The van der Waals surface area contributed by atoms with Gasteiger partial charge in [-0.1, -0.05) is 42.4 Å². The number of fused-ring (bicyclic) bond motifs is 1. The molecule has 1 aromatic carbocycles. The van der Waals surface area contributed by atoms with Crippen LogP contribution in [0.15, 0.2) is 39.6 Å². The smallest absolute Gasteiger partial charge is 0.267 e. The number of nitrogens with one attached hydrogen (secondary N) is 1. The van der Waals surface area contributed by atoms with Crippen LogP contribution >= 0.6 is 0 Å². The summed E-state index contributed by atoms with van der Waals surface area (Å²) in [6.07, 6.45) is 0. The van der Waals surface area contributed by atoms with Gasteiger partial charge in [0.2, 0.25) is 5.91 Å². The standard InChI is InChI=1S/C18H20N4O3/c1-11(14-7-5-4-6-8-14)9-19-15(23)10-22-13(3)20-17-16(18(22)24)12(2)21-25-17/h4-8,11H,9-10H2,1-3H3,(H,19,23)/t11-/m0/s1. The van der Waals surface area contributed by atoms with Crippen LogP contribution in [-0.2, 0) is 11.3 Å². The summed E-state index contributed by atoms with van der Waals surface area (Å²) in [4.78, 5) is 29.1. The van der Waals surface area contributed by atoms with Crippen molar-refractivity contribution >= 4 is 17.0 Å². The zero-order valence-electron chi connectivity index (χ0n) is 14.4. The molecule has 2 heterocycles. The summed E-state index contributed by atoms with van der Waals surface area (Å²) in [6.45, 7) is 5.80. The molecule has 25 heavy (non-hydrogen) atoms. The van der Waals surface area contributed by atoms with Gasteiger partial charge in [-0.15, -0.1) is 0 Å². The summed E-state index contributed by atoms with van der Waals surface area (Å²) in [6, 6.07) is 9.95. The molecule has 1 atom stereocenters. The Morgan fingerprint density at radius 2 is 2.00 bits per heavy atom. The van der Waals surface area contributed by atoms with Crippen molar-refractivity contribution in [3.63, 3.8) is 0 Å². The van der Waals surface area contributed by atoms with E-state index in [9.17, 15) is 9.59 Å². The lowest BCUT2D eigenvalue weighted by Gasteiger charge is -2.14. The minimum Gasteiger partial charge on any atom is -0.354 e. The number of nitrogens with zero attached hydrogens (tertiary/aromatic N) is 3. The molecule has 1 N–H and O–H groups in total. The Kier molecular flexibility index (Phi) is 4.65. The predicted molar refractivity (Wildman–Crippen MR) is 93.4 cm³/mol. The van der Waals surface area contributed by atoms with Gasteiger partial charge in [0.1, 0.15) is 17.8 Å². The second-order valence-electron chi connectivity index (χ2n) is 6.11. The van der Waals surface area contributed by atoms with Crippen molar-refractivity contribution in [1.29, 1.82) is 0 Å². The third kappa shape index (κ3) is 3.45. The number of carbonyl (C=O) groups is 1. The zero-order valence-corrected chi connectivity index (χ0v) is 14.4. The Labute approximate surface area is 144 Å². The van der Waals surface area contributed by atoms with Crippen molar-refractivity contribution in [3.8, 4) is 0 Å². The first-order valence-electron chi connectivity index (χ1n) is 8.12. The van der Waals surface area contributed by atoms with Gasteiger partial charge in [0, 0.05) is 6.54 Å². The lowest BCUT2D eigenvalue weighted by Crippen LogP contribution is -2.35. The fraction of sp³-hybridized carbons (Fsp3) is 0.333. The quantitative estimate of drug-likeness (QED) is 0.766. The number of aromatic nitrogens is 3. The molecule has 7 heteroatoms. The molecule has 0 saturated heterocycles. The average molecular weight is 340 g/mol. The van der Waals surface area contributed by atoms with Gasteiger partial charge in [-0.3, -0.25) is 14.2 Å². The highest BCUT2D eigenvalue weighted by atomic mass is 16.5. The molecule has 3 aromatic rings. The Morgan fingerprint density at radius 1 is 1.28 bits per heavy atom. The molecular formula is C18H20N4O3. The average Bonchev–Trinajstić information content (AvgIpc) is 2.98. The number of carbonyl (C=O) groups excluding carboxylic acids is 1. The van der Waals surface area contributed by atoms with Crippen molar-refractivity contribution in [3.05, 3.63) is 57.8 Å². The van der Waals surface area contributed by atoms with Gasteiger partial charge in [-0.25, -0.2) is 0 Å². The summed E-state index contributed by atoms with van der Waals surface area (Å²) in [7, 11) is 0. The molecule has 2 aromatic heterocycles. The van der Waals surface area contributed by atoms with Crippen molar-refractivity contribution in [2.24, 2.45) is 0 Å². The number of benzene rings is 1. The minimum absolute atomic E-state index is 0.0836. The van der Waals surface area contributed by atoms with Gasteiger partial charge in [0.15, 0.2) is 0 Å². The second-order valence-corrected chi connectivity index (χ2v) is 6.11. The first-order chi connectivity index (χ1) is 12.0. The maximum Gasteiger partial charge on any atom is 0.267 e. The van der Waals surface area contributed by atoms with E-state index in [1.807, 2.05) is 37.3 Å². The third-order valence-corrected chi connectivity index (χ3v) is 4.23.